The van der Waals surface area contributed by atoms with E-state index in [1.807, 2.05) is 54.3 Å². The molecule has 0 aromatic heterocycles. The fourth-order valence-corrected chi connectivity index (χ4v) is 3.15. The standard InChI is InChI=1S/C22H28N2O4/c1-4-27-21-10-5-17(22(25)24-13-11-23(2)12-14-24)15-18(21)16-28-20-8-6-19(26-3)7-9-20/h5-10,15H,4,11-14,16H2,1-3H3. The SMILES string of the molecule is CCOc1ccc(C(=O)N2CCN(C)CC2)cc1COc1ccc(OC)cc1. The zero-order chi connectivity index (χ0) is 19.9. The summed E-state index contributed by atoms with van der Waals surface area (Å²) in [7, 11) is 3.71. The van der Waals surface area contributed by atoms with Crippen LogP contribution in [0.2, 0.25) is 0 Å². The van der Waals surface area contributed by atoms with Gasteiger partial charge < -0.3 is 24.0 Å². The van der Waals surface area contributed by atoms with E-state index in [4.69, 9.17) is 14.2 Å². The molecule has 6 nitrogen and oxygen atoms in total. The minimum atomic E-state index is 0.0573. The number of methoxy groups -OCH3 is 1. The van der Waals surface area contributed by atoms with Crippen molar-refractivity contribution in [1.82, 2.24) is 9.80 Å². The average molecular weight is 384 g/mol. The first kappa shape index (κ1) is 20.0. The summed E-state index contributed by atoms with van der Waals surface area (Å²) < 4.78 is 16.8. The smallest absolute Gasteiger partial charge is 0.253 e. The van der Waals surface area contributed by atoms with Crippen molar-refractivity contribution in [2.24, 2.45) is 0 Å². The minimum Gasteiger partial charge on any atom is -0.497 e. The Hall–Kier alpha value is -2.73. The zero-order valence-electron chi connectivity index (χ0n) is 16.8. The molecule has 0 spiro atoms. The lowest BCUT2D eigenvalue weighted by Gasteiger charge is -2.32. The predicted octanol–water partition coefficient (Wildman–Crippen LogP) is 3.06. The van der Waals surface area contributed by atoms with Crippen molar-refractivity contribution in [3.63, 3.8) is 0 Å². The maximum Gasteiger partial charge on any atom is 0.253 e. The highest BCUT2D eigenvalue weighted by Crippen LogP contribution is 2.24. The molecular weight excluding hydrogens is 356 g/mol. The van der Waals surface area contributed by atoms with Gasteiger partial charge in [-0.05, 0) is 56.4 Å². The maximum absolute atomic E-state index is 12.9. The molecule has 0 radical (unpaired) electrons. The Labute approximate surface area is 166 Å². The number of piperazine rings is 1. The molecule has 1 aliphatic heterocycles. The first-order valence-electron chi connectivity index (χ1n) is 9.61. The molecule has 6 heteroatoms. The summed E-state index contributed by atoms with van der Waals surface area (Å²) in [5.74, 6) is 2.31. The van der Waals surface area contributed by atoms with Crippen LogP contribution in [0.25, 0.3) is 0 Å². The summed E-state index contributed by atoms with van der Waals surface area (Å²) in [5.41, 5.74) is 1.53. The van der Waals surface area contributed by atoms with Gasteiger partial charge in [-0.2, -0.15) is 0 Å². The van der Waals surface area contributed by atoms with Crippen LogP contribution in [0.4, 0.5) is 0 Å². The highest BCUT2D eigenvalue weighted by atomic mass is 16.5. The molecule has 1 saturated heterocycles. The lowest BCUT2D eigenvalue weighted by Crippen LogP contribution is -2.47. The van der Waals surface area contributed by atoms with Gasteiger partial charge in [0.25, 0.3) is 5.91 Å². The highest BCUT2D eigenvalue weighted by molar-refractivity contribution is 5.94. The van der Waals surface area contributed by atoms with Gasteiger partial charge >= 0.3 is 0 Å². The second-order valence-electron chi connectivity index (χ2n) is 6.82. The fraction of sp³-hybridized carbons (Fsp3) is 0.409. The molecule has 1 fully saturated rings. The summed E-state index contributed by atoms with van der Waals surface area (Å²) >= 11 is 0. The molecule has 0 bridgehead atoms. The monoisotopic (exact) mass is 384 g/mol. The van der Waals surface area contributed by atoms with E-state index in [1.54, 1.807) is 7.11 Å². The molecule has 1 amide bonds. The van der Waals surface area contributed by atoms with Gasteiger partial charge in [0.05, 0.1) is 13.7 Å². The Kier molecular flexibility index (Phi) is 6.76. The lowest BCUT2D eigenvalue weighted by atomic mass is 10.1. The van der Waals surface area contributed by atoms with E-state index < -0.39 is 0 Å². The molecule has 2 aromatic rings. The van der Waals surface area contributed by atoms with Crippen LogP contribution >= 0.6 is 0 Å². The van der Waals surface area contributed by atoms with E-state index in [-0.39, 0.29) is 5.91 Å². The molecule has 2 aromatic carbocycles. The number of benzene rings is 2. The molecule has 0 atom stereocenters. The Morgan fingerprint density at radius 2 is 1.64 bits per heavy atom. The van der Waals surface area contributed by atoms with Crippen molar-refractivity contribution in [3.05, 3.63) is 53.6 Å². The molecule has 0 aliphatic carbocycles. The van der Waals surface area contributed by atoms with Gasteiger partial charge in [-0.15, -0.1) is 0 Å². The molecule has 1 aliphatic rings. The molecule has 1 heterocycles. The zero-order valence-corrected chi connectivity index (χ0v) is 16.8. The van der Waals surface area contributed by atoms with Gasteiger partial charge in [-0.1, -0.05) is 0 Å². The lowest BCUT2D eigenvalue weighted by molar-refractivity contribution is 0.0664. The van der Waals surface area contributed by atoms with Gasteiger partial charge in [0.2, 0.25) is 0 Å². The van der Waals surface area contributed by atoms with Crippen molar-refractivity contribution < 1.29 is 19.0 Å². The van der Waals surface area contributed by atoms with Crippen molar-refractivity contribution in [2.45, 2.75) is 13.5 Å². The number of carbonyl (C=O) groups excluding carboxylic acids is 1. The average Bonchev–Trinajstić information content (AvgIpc) is 2.73. The van der Waals surface area contributed by atoms with Crippen LogP contribution in [0.15, 0.2) is 42.5 Å². The van der Waals surface area contributed by atoms with Crippen LogP contribution in [-0.4, -0.2) is 62.7 Å². The third-order valence-electron chi connectivity index (χ3n) is 4.85. The van der Waals surface area contributed by atoms with Gasteiger partial charge in [-0.25, -0.2) is 0 Å². The van der Waals surface area contributed by atoms with E-state index in [0.29, 0.717) is 18.8 Å². The fourth-order valence-electron chi connectivity index (χ4n) is 3.15. The van der Waals surface area contributed by atoms with Crippen LogP contribution in [-0.2, 0) is 6.61 Å². The first-order chi connectivity index (χ1) is 13.6. The summed E-state index contributed by atoms with van der Waals surface area (Å²) in [4.78, 5) is 17.0. The number of likely N-dealkylation sites (N-methyl/N-ethyl adjacent to an activating group) is 1. The Bertz CT molecular complexity index is 784. The third kappa shape index (κ3) is 4.95. The summed E-state index contributed by atoms with van der Waals surface area (Å²) in [6, 6.07) is 13.0. The number of carbonyl (C=O) groups is 1. The Morgan fingerprint density at radius 3 is 2.29 bits per heavy atom. The molecular formula is C22H28N2O4. The van der Waals surface area contributed by atoms with E-state index in [1.165, 1.54) is 0 Å². The number of hydrogen-bond donors (Lipinski definition) is 0. The molecule has 0 unspecified atom stereocenters. The molecule has 28 heavy (non-hydrogen) atoms. The number of rotatable bonds is 7. The number of nitrogens with zero attached hydrogens (tertiary/aromatic N) is 2. The van der Waals surface area contributed by atoms with Crippen molar-refractivity contribution in [3.8, 4) is 17.2 Å². The number of amides is 1. The second kappa shape index (κ2) is 9.46. The van der Waals surface area contributed by atoms with Gasteiger partial charge in [0.1, 0.15) is 23.9 Å². The van der Waals surface area contributed by atoms with Crippen LogP contribution in [0, 0.1) is 0 Å². The van der Waals surface area contributed by atoms with Crippen LogP contribution in [0.1, 0.15) is 22.8 Å². The Balaban J connectivity index is 1.73. The number of hydrogen-bond acceptors (Lipinski definition) is 5. The molecule has 0 saturated carbocycles. The summed E-state index contributed by atoms with van der Waals surface area (Å²) in [6.07, 6.45) is 0. The quantitative estimate of drug-likeness (QED) is 0.734. The largest absolute Gasteiger partial charge is 0.497 e. The van der Waals surface area contributed by atoms with Gasteiger partial charge in [0, 0.05) is 37.3 Å². The van der Waals surface area contributed by atoms with E-state index in [9.17, 15) is 4.79 Å². The summed E-state index contributed by atoms with van der Waals surface area (Å²) in [5, 5.41) is 0. The van der Waals surface area contributed by atoms with Gasteiger partial charge in [-0.3, -0.25) is 4.79 Å². The predicted molar refractivity (Wildman–Crippen MR) is 108 cm³/mol. The number of ether oxygens (including phenoxy) is 3. The van der Waals surface area contributed by atoms with Crippen LogP contribution < -0.4 is 14.2 Å². The van der Waals surface area contributed by atoms with Crippen LogP contribution in [0.5, 0.6) is 17.2 Å². The molecule has 0 N–H and O–H groups in total. The van der Waals surface area contributed by atoms with Crippen molar-refractivity contribution in [2.75, 3.05) is 46.9 Å². The first-order valence-corrected chi connectivity index (χ1v) is 9.61. The molecule has 150 valence electrons. The normalized spacial score (nSPS) is 14.6. The third-order valence-corrected chi connectivity index (χ3v) is 4.85. The highest BCUT2D eigenvalue weighted by Gasteiger charge is 2.21. The van der Waals surface area contributed by atoms with Crippen LogP contribution in [0.3, 0.4) is 0 Å². The molecule has 3 rings (SSSR count). The van der Waals surface area contributed by atoms with E-state index in [2.05, 4.69) is 11.9 Å². The maximum atomic E-state index is 12.9. The minimum absolute atomic E-state index is 0.0573. The summed E-state index contributed by atoms with van der Waals surface area (Å²) in [6.45, 7) is 6.12. The van der Waals surface area contributed by atoms with E-state index >= 15 is 0 Å². The Morgan fingerprint density at radius 1 is 0.964 bits per heavy atom. The van der Waals surface area contributed by atoms with Gasteiger partial charge in [0.15, 0.2) is 0 Å². The van der Waals surface area contributed by atoms with Crippen molar-refractivity contribution in [1.29, 1.82) is 0 Å². The second-order valence-corrected chi connectivity index (χ2v) is 6.82. The van der Waals surface area contributed by atoms with E-state index in [0.717, 1.165) is 49.0 Å². The topological polar surface area (TPSA) is 51.2 Å². The van der Waals surface area contributed by atoms with Crippen molar-refractivity contribution >= 4 is 5.91 Å².